The van der Waals surface area contributed by atoms with Gasteiger partial charge in [0, 0.05) is 12.6 Å². The van der Waals surface area contributed by atoms with E-state index in [2.05, 4.69) is 30.9 Å². The van der Waals surface area contributed by atoms with Gasteiger partial charge in [0.25, 0.3) is 0 Å². The lowest BCUT2D eigenvalue weighted by Crippen LogP contribution is -2.29. The maximum atomic E-state index is 10.8. The number of aromatic carboxylic acids is 1. The maximum absolute atomic E-state index is 10.8. The van der Waals surface area contributed by atoms with E-state index in [4.69, 9.17) is 9.52 Å². The third kappa shape index (κ3) is 3.71. The molecule has 0 aliphatic rings. The first-order valence-corrected chi connectivity index (χ1v) is 6.66. The van der Waals surface area contributed by atoms with Crippen molar-refractivity contribution in [1.82, 2.24) is 4.90 Å². The summed E-state index contributed by atoms with van der Waals surface area (Å²) in [4.78, 5) is 13.1. The van der Waals surface area contributed by atoms with Crippen LogP contribution in [-0.4, -0.2) is 22.0 Å². The average molecular weight is 273 g/mol. The van der Waals surface area contributed by atoms with E-state index < -0.39 is 5.97 Å². The monoisotopic (exact) mass is 273 g/mol. The highest BCUT2D eigenvalue weighted by Gasteiger charge is 2.15. The van der Waals surface area contributed by atoms with E-state index >= 15 is 0 Å². The molecule has 1 aromatic carbocycles. The number of furan rings is 1. The molecule has 0 unspecified atom stereocenters. The Morgan fingerprint density at radius 2 is 1.85 bits per heavy atom. The van der Waals surface area contributed by atoms with Gasteiger partial charge in [-0.2, -0.15) is 0 Å². The Kier molecular flexibility index (Phi) is 4.58. The van der Waals surface area contributed by atoms with Crippen LogP contribution in [0.1, 0.15) is 35.7 Å². The Bertz CT molecular complexity index is 560. The topological polar surface area (TPSA) is 53.7 Å². The fraction of sp³-hybridized carbons (Fsp3) is 0.312. The maximum Gasteiger partial charge on any atom is 0.371 e. The molecule has 0 aliphatic heterocycles. The molecule has 4 heteroatoms. The summed E-state index contributed by atoms with van der Waals surface area (Å²) in [6.45, 7) is 5.63. The van der Waals surface area contributed by atoms with Gasteiger partial charge in [0.1, 0.15) is 5.76 Å². The molecule has 0 bridgehead atoms. The van der Waals surface area contributed by atoms with Crippen molar-refractivity contribution in [1.29, 1.82) is 0 Å². The molecule has 1 heterocycles. The number of hydrogen-bond acceptors (Lipinski definition) is 3. The molecule has 2 rings (SSSR count). The number of carboxylic acids is 1. The van der Waals surface area contributed by atoms with E-state index in [1.54, 1.807) is 6.07 Å². The molecule has 0 spiro atoms. The van der Waals surface area contributed by atoms with Gasteiger partial charge in [0.05, 0.1) is 6.54 Å². The molecule has 0 saturated carbocycles. The fourth-order valence-corrected chi connectivity index (χ4v) is 2.02. The Morgan fingerprint density at radius 1 is 1.15 bits per heavy atom. The number of nitrogens with zero attached hydrogens (tertiary/aromatic N) is 1. The van der Waals surface area contributed by atoms with Crippen LogP contribution in [0.3, 0.4) is 0 Å². The summed E-state index contributed by atoms with van der Waals surface area (Å²) < 4.78 is 5.32. The van der Waals surface area contributed by atoms with E-state index in [0.29, 0.717) is 18.3 Å². The van der Waals surface area contributed by atoms with Crippen molar-refractivity contribution in [2.45, 2.75) is 33.0 Å². The van der Waals surface area contributed by atoms with Gasteiger partial charge in [-0.1, -0.05) is 30.3 Å². The molecule has 0 radical (unpaired) electrons. The van der Waals surface area contributed by atoms with E-state index in [1.807, 2.05) is 18.2 Å². The molecular formula is C16H19NO3. The molecule has 2 aromatic rings. The minimum Gasteiger partial charge on any atom is -0.475 e. The van der Waals surface area contributed by atoms with Gasteiger partial charge in [0.2, 0.25) is 5.76 Å². The number of benzene rings is 1. The van der Waals surface area contributed by atoms with Crippen molar-refractivity contribution < 1.29 is 14.3 Å². The molecule has 106 valence electrons. The number of carboxylic acid groups (broad SMARTS) is 1. The molecule has 0 fully saturated rings. The van der Waals surface area contributed by atoms with Crippen molar-refractivity contribution in [3.63, 3.8) is 0 Å². The summed E-state index contributed by atoms with van der Waals surface area (Å²) in [5, 5.41) is 8.87. The van der Waals surface area contributed by atoms with Crippen LogP contribution in [0, 0.1) is 0 Å². The average Bonchev–Trinajstić information content (AvgIpc) is 2.88. The van der Waals surface area contributed by atoms with Crippen LogP contribution in [0.4, 0.5) is 0 Å². The zero-order chi connectivity index (χ0) is 14.5. The highest BCUT2D eigenvalue weighted by Crippen LogP contribution is 2.15. The SMILES string of the molecule is CC(C)N(Cc1ccccc1)Cc1ccc(C(=O)O)o1. The zero-order valence-electron chi connectivity index (χ0n) is 11.7. The fourth-order valence-electron chi connectivity index (χ4n) is 2.02. The van der Waals surface area contributed by atoms with Crippen LogP contribution in [0.15, 0.2) is 46.9 Å². The summed E-state index contributed by atoms with van der Waals surface area (Å²) >= 11 is 0. The number of hydrogen-bond donors (Lipinski definition) is 1. The van der Waals surface area contributed by atoms with E-state index in [0.717, 1.165) is 6.54 Å². The quantitative estimate of drug-likeness (QED) is 0.876. The van der Waals surface area contributed by atoms with Crippen molar-refractivity contribution in [2.24, 2.45) is 0 Å². The first-order valence-electron chi connectivity index (χ1n) is 6.66. The molecule has 1 N–H and O–H groups in total. The molecule has 0 amide bonds. The van der Waals surface area contributed by atoms with E-state index in [1.165, 1.54) is 11.6 Å². The van der Waals surface area contributed by atoms with Crippen LogP contribution in [0.25, 0.3) is 0 Å². The van der Waals surface area contributed by atoms with Gasteiger partial charge in [-0.15, -0.1) is 0 Å². The van der Waals surface area contributed by atoms with Crippen LogP contribution in [0.2, 0.25) is 0 Å². The molecule has 0 aliphatic carbocycles. The second-order valence-electron chi connectivity index (χ2n) is 5.06. The molecule has 20 heavy (non-hydrogen) atoms. The van der Waals surface area contributed by atoms with Crippen molar-refractivity contribution >= 4 is 5.97 Å². The highest BCUT2D eigenvalue weighted by molar-refractivity contribution is 5.84. The summed E-state index contributed by atoms with van der Waals surface area (Å²) in [6, 6.07) is 13.8. The van der Waals surface area contributed by atoms with Crippen LogP contribution < -0.4 is 0 Å². The summed E-state index contributed by atoms with van der Waals surface area (Å²) in [5.41, 5.74) is 1.23. The summed E-state index contributed by atoms with van der Waals surface area (Å²) in [6.07, 6.45) is 0. The van der Waals surface area contributed by atoms with Crippen LogP contribution >= 0.6 is 0 Å². The lowest BCUT2D eigenvalue weighted by Gasteiger charge is -2.25. The van der Waals surface area contributed by atoms with Crippen molar-refractivity contribution in [3.8, 4) is 0 Å². The Balaban J connectivity index is 2.07. The third-order valence-electron chi connectivity index (χ3n) is 3.19. The number of carbonyl (C=O) groups is 1. The highest BCUT2D eigenvalue weighted by atomic mass is 16.4. The lowest BCUT2D eigenvalue weighted by molar-refractivity contribution is 0.0657. The van der Waals surface area contributed by atoms with E-state index in [9.17, 15) is 4.79 Å². The minimum atomic E-state index is -1.03. The first kappa shape index (κ1) is 14.3. The van der Waals surface area contributed by atoms with Gasteiger partial charge in [-0.3, -0.25) is 4.90 Å². The predicted molar refractivity (Wildman–Crippen MR) is 76.5 cm³/mol. The largest absolute Gasteiger partial charge is 0.475 e. The molecular weight excluding hydrogens is 254 g/mol. The van der Waals surface area contributed by atoms with Gasteiger partial charge < -0.3 is 9.52 Å². The standard InChI is InChI=1S/C16H19NO3/c1-12(2)17(10-13-6-4-3-5-7-13)11-14-8-9-15(20-14)16(18)19/h3-9,12H,10-11H2,1-2H3,(H,18,19). The van der Waals surface area contributed by atoms with Gasteiger partial charge in [-0.05, 0) is 31.5 Å². The van der Waals surface area contributed by atoms with Crippen molar-refractivity contribution in [3.05, 3.63) is 59.5 Å². The van der Waals surface area contributed by atoms with Crippen LogP contribution in [-0.2, 0) is 13.1 Å². The third-order valence-corrected chi connectivity index (χ3v) is 3.19. The summed E-state index contributed by atoms with van der Waals surface area (Å²) in [5.74, 6) is -0.370. The normalized spacial score (nSPS) is 11.2. The first-order chi connectivity index (χ1) is 9.56. The summed E-state index contributed by atoms with van der Waals surface area (Å²) in [7, 11) is 0. The Morgan fingerprint density at radius 3 is 2.40 bits per heavy atom. The Hall–Kier alpha value is -2.07. The van der Waals surface area contributed by atoms with Gasteiger partial charge >= 0.3 is 5.97 Å². The number of rotatable bonds is 6. The van der Waals surface area contributed by atoms with Crippen molar-refractivity contribution in [2.75, 3.05) is 0 Å². The van der Waals surface area contributed by atoms with E-state index in [-0.39, 0.29) is 5.76 Å². The molecule has 4 nitrogen and oxygen atoms in total. The zero-order valence-corrected chi connectivity index (χ0v) is 11.7. The predicted octanol–water partition coefficient (Wildman–Crippen LogP) is 3.39. The molecule has 1 aromatic heterocycles. The Labute approximate surface area is 118 Å². The second-order valence-corrected chi connectivity index (χ2v) is 5.06. The molecule has 0 atom stereocenters. The van der Waals surface area contributed by atoms with Gasteiger partial charge in [0.15, 0.2) is 0 Å². The smallest absolute Gasteiger partial charge is 0.371 e. The lowest BCUT2D eigenvalue weighted by atomic mass is 10.2. The second kappa shape index (κ2) is 6.39. The minimum absolute atomic E-state index is 0.0107. The van der Waals surface area contributed by atoms with Gasteiger partial charge in [-0.25, -0.2) is 4.79 Å². The van der Waals surface area contributed by atoms with Crippen LogP contribution in [0.5, 0.6) is 0 Å². The molecule has 0 saturated heterocycles.